The lowest BCUT2D eigenvalue weighted by Crippen LogP contribution is -2.44. The molecule has 1 saturated heterocycles. The van der Waals surface area contributed by atoms with Crippen molar-refractivity contribution in [2.75, 3.05) is 27.4 Å². The smallest absolute Gasteiger partial charge is 0.174 e. The van der Waals surface area contributed by atoms with Gasteiger partial charge >= 0.3 is 0 Å². The molecule has 1 rings (SSSR count). The fraction of sp³-hybridized carbons (Fsp3) is 1.00. The maximum absolute atomic E-state index is 5.40. The molecule has 0 saturated carbocycles. The summed E-state index contributed by atoms with van der Waals surface area (Å²) in [6, 6.07) is 0. The minimum absolute atomic E-state index is 0.196. The molecule has 1 unspecified atom stereocenters. The maximum atomic E-state index is 5.40. The van der Waals surface area contributed by atoms with Crippen LogP contribution in [0.1, 0.15) is 19.8 Å². The number of ether oxygens (including phenoxy) is 4. The summed E-state index contributed by atoms with van der Waals surface area (Å²) < 4.78 is 21.4. The van der Waals surface area contributed by atoms with E-state index in [1.165, 1.54) is 0 Å². The first kappa shape index (κ1) is 10.9. The summed E-state index contributed by atoms with van der Waals surface area (Å²) in [4.78, 5) is 0. The van der Waals surface area contributed by atoms with E-state index in [1.54, 1.807) is 14.2 Å². The fourth-order valence-corrected chi connectivity index (χ4v) is 1.51. The minimum Gasteiger partial charge on any atom is -0.353 e. The molecular formula is C9H18O4. The van der Waals surface area contributed by atoms with Gasteiger partial charge in [0, 0.05) is 27.2 Å². The molecule has 0 aromatic carbocycles. The first-order valence-electron chi connectivity index (χ1n) is 4.60. The first-order valence-corrected chi connectivity index (χ1v) is 4.60. The van der Waals surface area contributed by atoms with Crippen LogP contribution in [0.4, 0.5) is 0 Å². The van der Waals surface area contributed by atoms with Crippen LogP contribution in [-0.2, 0) is 18.9 Å². The average molecular weight is 190 g/mol. The van der Waals surface area contributed by atoms with Gasteiger partial charge in [0.15, 0.2) is 12.1 Å². The second-order valence-electron chi connectivity index (χ2n) is 3.03. The van der Waals surface area contributed by atoms with Gasteiger partial charge in [0.1, 0.15) is 0 Å². The third-order valence-corrected chi connectivity index (χ3v) is 2.36. The van der Waals surface area contributed by atoms with Gasteiger partial charge < -0.3 is 18.9 Å². The second kappa shape index (κ2) is 4.91. The standard InChI is InChI=1S/C9H18O4/c1-4-12-8-7-9(10-2,11-3)5-6-13-8/h8H,4-7H2,1-3H3. The lowest BCUT2D eigenvalue weighted by atomic mass is 10.1. The van der Waals surface area contributed by atoms with Crippen molar-refractivity contribution < 1.29 is 18.9 Å². The Labute approximate surface area is 79.1 Å². The molecule has 1 aliphatic heterocycles. The highest BCUT2D eigenvalue weighted by Gasteiger charge is 2.37. The Morgan fingerprint density at radius 2 is 2.08 bits per heavy atom. The second-order valence-corrected chi connectivity index (χ2v) is 3.03. The molecule has 0 spiro atoms. The molecule has 0 radical (unpaired) electrons. The summed E-state index contributed by atoms with van der Waals surface area (Å²) in [5.74, 6) is -0.516. The Hall–Kier alpha value is -0.160. The maximum Gasteiger partial charge on any atom is 0.174 e. The zero-order chi connectivity index (χ0) is 9.73. The van der Waals surface area contributed by atoms with Crippen molar-refractivity contribution in [3.63, 3.8) is 0 Å². The van der Waals surface area contributed by atoms with Crippen molar-refractivity contribution >= 4 is 0 Å². The lowest BCUT2D eigenvalue weighted by molar-refractivity contribution is -0.294. The molecule has 0 aromatic heterocycles. The van der Waals surface area contributed by atoms with Gasteiger partial charge in [-0.05, 0) is 6.92 Å². The molecule has 1 atom stereocenters. The molecule has 4 heteroatoms. The number of methoxy groups -OCH3 is 2. The lowest BCUT2D eigenvalue weighted by Gasteiger charge is -2.38. The molecule has 13 heavy (non-hydrogen) atoms. The summed E-state index contributed by atoms with van der Waals surface area (Å²) >= 11 is 0. The summed E-state index contributed by atoms with van der Waals surface area (Å²) in [6.07, 6.45) is 1.19. The Balaban J connectivity index is 2.48. The van der Waals surface area contributed by atoms with E-state index >= 15 is 0 Å². The van der Waals surface area contributed by atoms with Gasteiger partial charge in [0.2, 0.25) is 0 Å². The molecule has 0 N–H and O–H groups in total. The molecule has 1 heterocycles. The first-order chi connectivity index (χ1) is 6.26. The van der Waals surface area contributed by atoms with E-state index in [9.17, 15) is 0 Å². The fourth-order valence-electron chi connectivity index (χ4n) is 1.51. The topological polar surface area (TPSA) is 36.9 Å². The summed E-state index contributed by atoms with van der Waals surface area (Å²) in [6.45, 7) is 3.21. The van der Waals surface area contributed by atoms with Gasteiger partial charge in [-0.25, -0.2) is 0 Å². The van der Waals surface area contributed by atoms with Crippen LogP contribution < -0.4 is 0 Å². The highest BCUT2D eigenvalue weighted by atomic mass is 16.7. The molecule has 1 fully saturated rings. The SMILES string of the molecule is CCOC1CC(OC)(OC)CCO1. The minimum atomic E-state index is -0.516. The Morgan fingerprint density at radius 3 is 2.62 bits per heavy atom. The molecule has 0 aromatic rings. The van der Waals surface area contributed by atoms with Gasteiger partial charge in [0.25, 0.3) is 0 Å². The van der Waals surface area contributed by atoms with E-state index in [1.807, 2.05) is 6.92 Å². The van der Waals surface area contributed by atoms with Crippen LogP contribution in [0.3, 0.4) is 0 Å². The molecule has 78 valence electrons. The Bertz CT molecular complexity index is 143. The summed E-state index contributed by atoms with van der Waals surface area (Å²) in [7, 11) is 3.30. The van der Waals surface area contributed by atoms with Crippen LogP contribution in [0.25, 0.3) is 0 Å². The van der Waals surface area contributed by atoms with Crippen LogP contribution in [0.15, 0.2) is 0 Å². The van der Waals surface area contributed by atoms with E-state index in [4.69, 9.17) is 18.9 Å². The van der Waals surface area contributed by atoms with Gasteiger partial charge in [-0.15, -0.1) is 0 Å². The van der Waals surface area contributed by atoms with E-state index in [0.717, 1.165) is 6.42 Å². The van der Waals surface area contributed by atoms with Gasteiger partial charge in [-0.3, -0.25) is 0 Å². The van der Waals surface area contributed by atoms with Crippen molar-refractivity contribution in [2.45, 2.75) is 31.8 Å². The van der Waals surface area contributed by atoms with Crippen LogP contribution in [0.2, 0.25) is 0 Å². The average Bonchev–Trinajstić information content (AvgIpc) is 2.19. The zero-order valence-corrected chi connectivity index (χ0v) is 8.54. The highest BCUT2D eigenvalue weighted by Crippen LogP contribution is 2.28. The van der Waals surface area contributed by atoms with E-state index < -0.39 is 5.79 Å². The molecule has 1 aliphatic rings. The van der Waals surface area contributed by atoms with Crippen molar-refractivity contribution in [1.82, 2.24) is 0 Å². The number of hydrogen-bond acceptors (Lipinski definition) is 4. The van der Waals surface area contributed by atoms with E-state index in [0.29, 0.717) is 19.6 Å². The highest BCUT2D eigenvalue weighted by molar-refractivity contribution is 4.75. The zero-order valence-electron chi connectivity index (χ0n) is 8.54. The monoisotopic (exact) mass is 190 g/mol. The summed E-state index contributed by atoms with van der Waals surface area (Å²) in [5, 5.41) is 0. The Kier molecular flexibility index (Phi) is 4.12. The van der Waals surface area contributed by atoms with Crippen LogP contribution in [-0.4, -0.2) is 39.5 Å². The van der Waals surface area contributed by atoms with Crippen molar-refractivity contribution in [2.24, 2.45) is 0 Å². The van der Waals surface area contributed by atoms with E-state index in [2.05, 4.69) is 0 Å². The molecule has 4 nitrogen and oxygen atoms in total. The Morgan fingerprint density at radius 1 is 1.38 bits per heavy atom. The van der Waals surface area contributed by atoms with Crippen LogP contribution in [0.5, 0.6) is 0 Å². The summed E-state index contributed by atoms with van der Waals surface area (Å²) in [5.41, 5.74) is 0. The van der Waals surface area contributed by atoms with Crippen molar-refractivity contribution in [3.05, 3.63) is 0 Å². The predicted octanol–water partition coefficient (Wildman–Crippen LogP) is 1.15. The number of rotatable bonds is 4. The predicted molar refractivity (Wildman–Crippen MR) is 47.3 cm³/mol. The van der Waals surface area contributed by atoms with Crippen LogP contribution >= 0.6 is 0 Å². The largest absolute Gasteiger partial charge is 0.353 e. The van der Waals surface area contributed by atoms with Crippen molar-refractivity contribution in [1.29, 1.82) is 0 Å². The van der Waals surface area contributed by atoms with E-state index in [-0.39, 0.29) is 6.29 Å². The molecule has 0 amide bonds. The van der Waals surface area contributed by atoms with Gasteiger partial charge in [-0.2, -0.15) is 0 Å². The number of hydrogen-bond donors (Lipinski definition) is 0. The molecule has 0 bridgehead atoms. The third kappa shape index (κ3) is 2.64. The van der Waals surface area contributed by atoms with Gasteiger partial charge in [-0.1, -0.05) is 0 Å². The molecule has 0 aliphatic carbocycles. The third-order valence-electron chi connectivity index (χ3n) is 2.36. The van der Waals surface area contributed by atoms with Gasteiger partial charge in [0.05, 0.1) is 13.0 Å². The van der Waals surface area contributed by atoms with Crippen LogP contribution in [0, 0.1) is 0 Å². The molecular weight excluding hydrogens is 172 g/mol. The quantitative estimate of drug-likeness (QED) is 0.623. The van der Waals surface area contributed by atoms with Crippen molar-refractivity contribution in [3.8, 4) is 0 Å². The normalized spacial score (nSPS) is 27.5.